The molecule has 1 saturated heterocycles. The molecule has 1 aliphatic heterocycles. The van der Waals surface area contributed by atoms with Gasteiger partial charge in [-0.2, -0.15) is 0 Å². The fourth-order valence-electron chi connectivity index (χ4n) is 1.21. The van der Waals surface area contributed by atoms with Crippen LogP contribution in [0.3, 0.4) is 0 Å². The molecule has 0 amide bonds. The summed E-state index contributed by atoms with van der Waals surface area (Å²) in [6, 6.07) is 0. The second kappa shape index (κ2) is 3.20. The molecule has 0 radical (unpaired) electrons. The third kappa shape index (κ3) is 1.84. The van der Waals surface area contributed by atoms with Crippen molar-refractivity contribution in [2.75, 3.05) is 0 Å². The van der Waals surface area contributed by atoms with E-state index in [2.05, 4.69) is 20.4 Å². The van der Waals surface area contributed by atoms with Crippen LogP contribution in [-0.2, 0) is 4.74 Å². The highest BCUT2D eigenvalue weighted by atomic mass is 16.6. The van der Waals surface area contributed by atoms with Gasteiger partial charge in [-0.25, -0.2) is 0 Å². The number of rotatable bonds is 4. The second-order valence-corrected chi connectivity index (χ2v) is 3.02. The summed E-state index contributed by atoms with van der Waals surface area (Å²) in [6.45, 7) is 8.10. The average Bonchev–Trinajstić information content (AvgIpc) is 2.62. The first-order valence-electron chi connectivity index (χ1n) is 4.06. The number of ether oxygens (including phenoxy) is 1. The topological polar surface area (TPSA) is 12.5 Å². The van der Waals surface area contributed by atoms with Crippen molar-refractivity contribution >= 4 is 0 Å². The van der Waals surface area contributed by atoms with Crippen molar-refractivity contribution in [1.82, 2.24) is 0 Å². The fourth-order valence-corrected chi connectivity index (χ4v) is 1.21. The molecule has 0 aliphatic carbocycles. The zero-order chi connectivity index (χ0) is 7.56. The molecule has 0 aromatic rings. The highest BCUT2D eigenvalue weighted by Gasteiger charge is 2.34. The Morgan fingerprint density at radius 2 is 2.30 bits per heavy atom. The summed E-state index contributed by atoms with van der Waals surface area (Å²) >= 11 is 0. The van der Waals surface area contributed by atoms with E-state index in [-0.39, 0.29) is 0 Å². The van der Waals surface area contributed by atoms with Crippen molar-refractivity contribution in [3.63, 3.8) is 0 Å². The van der Waals surface area contributed by atoms with Crippen molar-refractivity contribution in [3.8, 4) is 0 Å². The molecule has 0 saturated carbocycles. The van der Waals surface area contributed by atoms with E-state index in [9.17, 15) is 0 Å². The molecule has 0 aromatic carbocycles. The van der Waals surface area contributed by atoms with Gasteiger partial charge in [0, 0.05) is 0 Å². The summed E-state index contributed by atoms with van der Waals surface area (Å²) in [7, 11) is 0. The Hall–Kier alpha value is -0.300. The van der Waals surface area contributed by atoms with Gasteiger partial charge in [-0.15, -0.1) is 6.58 Å². The van der Waals surface area contributed by atoms with Crippen molar-refractivity contribution in [1.29, 1.82) is 0 Å². The minimum atomic E-state index is 0.508. The van der Waals surface area contributed by atoms with Gasteiger partial charge in [-0.1, -0.05) is 13.0 Å². The zero-order valence-corrected chi connectivity index (χ0v) is 6.84. The van der Waals surface area contributed by atoms with Gasteiger partial charge in [-0.3, -0.25) is 0 Å². The highest BCUT2D eigenvalue weighted by molar-refractivity contribution is 4.88. The van der Waals surface area contributed by atoms with Crippen molar-refractivity contribution in [3.05, 3.63) is 12.7 Å². The normalized spacial score (nSPS) is 33.4. The van der Waals surface area contributed by atoms with E-state index in [0.717, 1.165) is 0 Å². The Balaban J connectivity index is 2.16. The predicted octanol–water partition coefficient (Wildman–Crippen LogP) is 2.38. The quantitative estimate of drug-likeness (QED) is 0.431. The Labute approximate surface area is 63.1 Å². The number of hydrogen-bond donors (Lipinski definition) is 0. The smallest absolute Gasteiger partial charge is 0.0844 e. The molecular formula is C9H16O. The van der Waals surface area contributed by atoms with Crippen LogP contribution in [0.1, 0.15) is 26.7 Å². The summed E-state index contributed by atoms with van der Waals surface area (Å²) in [5.41, 5.74) is 0. The lowest BCUT2D eigenvalue weighted by Crippen LogP contribution is -2.00. The van der Waals surface area contributed by atoms with Gasteiger partial charge < -0.3 is 4.74 Å². The Kier molecular flexibility index (Phi) is 2.50. The van der Waals surface area contributed by atoms with Crippen molar-refractivity contribution in [2.24, 2.45) is 5.92 Å². The van der Waals surface area contributed by atoms with Crippen LogP contribution < -0.4 is 0 Å². The van der Waals surface area contributed by atoms with Crippen molar-refractivity contribution in [2.45, 2.75) is 38.9 Å². The van der Waals surface area contributed by atoms with E-state index in [1.54, 1.807) is 0 Å². The van der Waals surface area contributed by atoms with Gasteiger partial charge in [0.1, 0.15) is 0 Å². The minimum absolute atomic E-state index is 0.508. The molecule has 1 aliphatic rings. The molecule has 3 unspecified atom stereocenters. The van der Waals surface area contributed by atoms with Crippen LogP contribution in [0.25, 0.3) is 0 Å². The Morgan fingerprint density at radius 1 is 1.70 bits per heavy atom. The average molecular weight is 140 g/mol. The van der Waals surface area contributed by atoms with Crippen LogP contribution in [-0.4, -0.2) is 12.2 Å². The van der Waals surface area contributed by atoms with E-state index in [1.807, 2.05) is 6.08 Å². The van der Waals surface area contributed by atoms with E-state index in [0.29, 0.717) is 18.1 Å². The lowest BCUT2D eigenvalue weighted by Gasteiger charge is -2.05. The summed E-state index contributed by atoms with van der Waals surface area (Å²) in [6.07, 6.45) is 5.43. The molecule has 3 atom stereocenters. The van der Waals surface area contributed by atoms with Gasteiger partial charge >= 0.3 is 0 Å². The molecule has 1 rings (SSSR count). The Morgan fingerprint density at radius 3 is 2.60 bits per heavy atom. The molecule has 0 bridgehead atoms. The maximum atomic E-state index is 5.30. The standard InChI is InChI=1S/C9H16O/c1-4-8(5-2)6-9-7(3)10-9/h4,7-9H,1,5-6H2,2-3H3. The third-order valence-corrected chi connectivity index (χ3v) is 2.23. The van der Waals surface area contributed by atoms with Gasteiger partial charge in [0.2, 0.25) is 0 Å². The zero-order valence-electron chi connectivity index (χ0n) is 6.84. The predicted molar refractivity (Wildman–Crippen MR) is 42.9 cm³/mol. The fraction of sp³-hybridized carbons (Fsp3) is 0.778. The monoisotopic (exact) mass is 140 g/mol. The summed E-state index contributed by atoms with van der Waals surface area (Å²) in [5, 5.41) is 0. The maximum Gasteiger partial charge on any atom is 0.0844 e. The van der Waals surface area contributed by atoms with Gasteiger partial charge in [0.25, 0.3) is 0 Å². The molecule has 0 spiro atoms. The molecule has 10 heavy (non-hydrogen) atoms. The largest absolute Gasteiger partial charge is 0.370 e. The molecule has 0 N–H and O–H groups in total. The summed E-state index contributed by atoms with van der Waals surface area (Å²) in [4.78, 5) is 0. The van der Waals surface area contributed by atoms with E-state index < -0.39 is 0 Å². The van der Waals surface area contributed by atoms with E-state index in [4.69, 9.17) is 4.74 Å². The molecule has 1 nitrogen and oxygen atoms in total. The third-order valence-electron chi connectivity index (χ3n) is 2.23. The lowest BCUT2D eigenvalue weighted by atomic mass is 10.00. The number of epoxide rings is 1. The summed E-state index contributed by atoms with van der Waals surface area (Å²) in [5.74, 6) is 0.662. The van der Waals surface area contributed by atoms with Gasteiger partial charge in [0.15, 0.2) is 0 Å². The molecule has 0 aromatic heterocycles. The molecule has 1 heterocycles. The Bertz CT molecular complexity index is 120. The van der Waals surface area contributed by atoms with Crippen molar-refractivity contribution < 1.29 is 4.74 Å². The minimum Gasteiger partial charge on any atom is -0.370 e. The molecular weight excluding hydrogens is 124 g/mol. The molecule has 1 heteroatoms. The van der Waals surface area contributed by atoms with Crippen LogP contribution in [0.15, 0.2) is 12.7 Å². The van der Waals surface area contributed by atoms with E-state index in [1.165, 1.54) is 12.8 Å². The first-order valence-corrected chi connectivity index (χ1v) is 4.06. The van der Waals surface area contributed by atoms with Crippen LogP contribution in [0.4, 0.5) is 0 Å². The highest BCUT2D eigenvalue weighted by Crippen LogP contribution is 2.29. The number of hydrogen-bond acceptors (Lipinski definition) is 1. The SMILES string of the molecule is C=CC(CC)CC1OC1C. The van der Waals surface area contributed by atoms with E-state index >= 15 is 0 Å². The number of allylic oxidation sites excluding steroid dienone is 1. The van der Waals surface area contributed by atoms with Crippen LogP contribution >= 0.6 is 0 Å². The molecule has 1 fully saturated rings. The maximum absolute atomic E-state index is 5.30. The van der Waals surface area contributed by atoms with Crippen LogP contribution in [0, 0.1) is 5.92 Å². The second-order valence-electron chi connectivity index (χ2n) is 3.02. The van der Waals surface area contributed by atoms with Crippen LogP contribution in [0.2, 0.25) is 0 Å². The summed E-state index contributed by atoms with van der Waals surface area (Å²) < 4.78 is 5.30. The van der Waals surface area contributed by atoms with Gasteiger partial charge in [0.05, 0.1) is 12.2 Å². The first-order chi connectivity index (χ1) is 4.77. The molecule has 58 valence electrons. The first kappa shape index (κ1) is 7.80. The van der Waals surface area contributed by atoms with Gasteiger partial charge in [-0.05, 0) is 25.7 Å². The van der Waals surface area contributed by atoms with Crippen LogP contribution in [0.5, 0.6) is 0 Å². The lowest BCUT2D eigenvalue weighted by molar-refractivity contribution is 0.352.